The fourth-order valence-corrected chi connectivity index (χ4v) is 2.05. The third-order valence-electron chi connectivity index (χ3n) is 3.52. The smallest absolute Gasteiger partial charge is 0.306 e. The third kappa shape index (κ3) is 3.98. The number of esters is 1. The van der Waals surface area contributed by atoms with Gasteiger partial charge in [0.1, 0.15) is 0 Å². The van der Waals surface area contributed by atoms with E-state index in [0.29, 0.717) is 13.2 Å². The predicted molar refractivity (Wildman–Crippen MR) is 69.2 cm³/mol. The van der Waals surface area contributed by atoms with E-state index >= 15 is 0 Å². The van der Waals surface area contributed by atoms with Gasteiger partial charge >= 0.3 is 5.97 Å². The number of nitrogens with zero attached hydrogens (tertiary/aromatic N) is 2. The molecule has 0 aliphatic carbocycles. The summed E-state index contributed by atoms with van der Waals surface area (Å²) in [5, 5.41) is 0. The Morgan fingerprint density at radius 3 is 2.44 bits per heavy atom. The molecule has 0 aromatic carbocycles. The van der Waals surface area contributed by atoms with Gasteiger partial charge in [-0.2, -0.15) is 0 Å². The largest absolute Gasteiger partial charge is 0.466 e. The quantitative estimate of drug-likeness (QED) is 0.701. The molecule has 0 aromatic rings. The monoisotopic (exact) mass is 256 g/mol. The van der Waals surface area contributed by atoms with Crippen molar-refractivity contribution in [2.24, 2.45) is 0 Å². The van der Waals surface area contributed by atoms with Crippen LogP contribution in [0.15, 0.2) is 0 Å². The molecule has 1 aliphatic rings. The van der Waals surface area contributed by atoms with Gasteiger partial charge in [-0.15, -0.1) is 0 Å². The lowest BCUT2D eigenvalue weighted by atomic mass is 9.99. The lowest BCUT2D eigenvalue weighted by Crippen LogP contribution is -2.58. The van der Waals surface area contributed by atoms with Gasteiger partial charge < -0.3 is 9.64 Å². The van der Waals surface area contributed by atoms with Crippen molar-refractivity contribution in [3.63, 3.8) is 0 Å². The molecule has 0 N–H and O–H groups in total. The molecule has 0 spiro atoms. The van der Waals surface area contributed by atoms with E-state index in [1.54, 1.807) is 6.92 Å². The normalized spacial score (nSPS) is 19.7. The molecule has 1 aliphatic heterocycles. The second-order valence-corrected chi connectivity index (χ2v) is 5.35. The molecule has 0 aromatic heterocycles. The molecule has 1 amide bonds. The Bertz CT molecular complexity index is 315. The van der Waals surface area contributed by atoms with Gasteiger partial charge in [0.2, 0.25) is 5.91 Å². The molecule has 18 heavy (non-hydrogen) atoms. The fraction of sp³-hybridized carbons (Fsp3) is 0.846. The molecule has 0 unspecified atom stereocenters. The van der Waals surface area contributed by atoms with Crippen LogP contribution in [0.3, 0.4) is 0 Å². The molecule has 1 fully saturated rings. The van der Waals surface area contributed by atoms with Gasteiger partial charge in [0.05, 0.1) is 13.0 Å². The topological polar surface area (TPSA) is 49.9 Å². The number of likely N-dealkylation sites (N-methyl/N-ethyl adjacent to an activating group) is 1. The zero-order valence-corrected chi connectivity index (χ0v) is 11.9. The lowest BCUT2D eigenvalue weighted by molar-refractivity contribution is -0.146. The van der Waals surface area contributed by atoms with Crippen LogP contribution in [0.2, 0.25) is 0 Å². The van der Waals surface area contributed by atoms with E-state index in [1.807, 2.05) is 4.90 Å². The first-order valence-corrected chi connectivity index (χ1v) is 6.51. The first-order chi connectivity index (χ1) is 8.36. The number of hydrogen-bond donors (Lipinski definition) is 0. The fourth-order valence-electron chi connectivity index (χ4n) is 2.05. The van der Waals surface area contributed by atoms with Crippen molar-refractivity contribution in [3.05, 3.63) is 0 Å². The van der Waals surface area contributed by atoms with Crippen molar-refractivity contribution in [3.8, 4) is 0 Å². The van der Waals surface area contributed by atoms with Crippen molar-refractivity contribution in [2.75, 3.05) is 33.3 Å². The second kappa shape index (κ2) is 6.18. The van der Waals surface area contributed by atoms with E-state index in [2.05, 4.69) is 25.8 Å². The van der Waals surface area contributed by atoms with Crippen LogP contribution in [0.25, 0.3) is 0 Å². The summed E-state index contributed by atoms with van der Waals surface area (Å²) in [5.41, 5.74) is -0.00215. The summed E-state index contributed by atoms with van der Waals surface area (Å²) in [6.45, 7) is 8.71. The number of carbonyl (C=O) groups is 2. The van der Waals surface area contributed by atoms with Crippen molar-refractivity contribution >= 4 is 11.9 Å². The highest BCUT2D eigenvalue weighted by atomic mass is 16.5. The van der Waals surface area contributed by atoms with Crippen LogP contribution in [0.4, 0.5) is 0 Å². The molecular weight excluding hydrogens is 232 g/mol. The minimum absolute atomic E-state index is 0.00215. The summed E-state index contributed by atoms with van der Waals surface area (Å²) in [6, 6.07) is 0. The second-order valence-electron chi connectivity index (χ2n) is 5.35. The van der Waals surface area contributed by atoms with E-state index in [4.69, 9.17) is 4.74 Å². The van der Waals surface area contributed by atoms with Gasteiger partial charge in [-0.1, -0.05) is 0 Å². The zero-order valence-electron chi connectivity index (χ0n) is 11.9. The van der Waals surface area contributed by atoms with E-state index in [0.717, 1.165) is 13.1 Å². The zero-order chi connectivity index (χ0) is 13.8. The van der Waals surface area contributed by atoms with Crippen molar-refractivity contribution in [2.45, 2.75) is 39.2 Å². The number of ether oxygens (including phenoxy) is 1. The molecule has 104 valence electrons. The highest BCUT2D eigenvalue weighted by molar-refractivity contribution is 5.81. The molecule has 5 nitrogen and oxygen atoms in total. The average molecular weight is 256 g/mol. The van der Waals surface area contributed by atoms with E-state index < -0.39 is 0 Å². The highest BCUT2D eigenvalue weighted by Gasteiger charge is 2.33. The predicted octanol–water partition coefficient (Wildman–Crippen LogP) is 0.882. The highest BCUT2D eigenvalue weighted by Crippen LogP contribution is 2.19. The van der Waals surface area contributed by atoms with E-state index in [-0.39, 0.29) is 30.3 Å². The summed E-state index contributed by atoms with van der Waals surface area (Å²) < 4.78 is 4.82. The van der Waals surface area contributed by atoms with Crippen LogP contribution in [0.5, 0.6) is 0 Å². The molecule has 1 saturated heterocycles. The van der Waals surface area contributed by atoms with Gasteiger partial charge in [0.25, 0.3) is 0 Å². The van der Waals surface area contributed by atoms with Crippen LogP contribution in [-0.2, 0) is 14.3 Å². The van der Waals surface area contributed by atoms with Crippen molar-refractivity contribution in [1.29, 1.82) is 0 Å². The number of piperazine rings is 1. The van der Waals surface area contributed by atoms with Gasteiger partial charge in [-0.25, -0.2) is 0 Å². The molecule has 1 heterocycles. The van der Waals surface area contributed by atoms with Crippen LogP contribution in [-0.4, -0.2) is 60.5 Å². The van der Waals surface area contributed by atoms with Gasteiger partial charge in [-0.05, 0) is 27.8 Å². The number of hydrogen-bond acceptors (Lipinski definition) is 4. The average Bonchev–Trinajstić information content (AvgIpc) is 2.30. The Morgan fingerprint density at radius 2 is 1.89 bits per heavy atom. The van der Waals surface area contributed by atoms with E-state index in [1.165, 1.54) is 0 Å². The van der Waals surface area contributed by atoms with Crippen molar-refractivity contribution < 1.29 is 14.3 Å². The molecule has 0 radical (unpaired) electrons. The molecular formula is C13H24N2O3. The minimum Gasteiger partial charge on any atom is -0.466 e. The molecule has 5 heteroatoms. The Labute approximate surface area is 109 Å². The first-order valence-electron chi connectivity index (χ1n) is 6.51. The van der Waals surface area contributed by atoms with Crippen LogP contribution in [0.1, 0.15) is 33.6 Å². The standard InChI is InChI=1S/C13H24N2O3/c1-5-18-12(17)7-6-11(16)15-9-8-14(4)13(2,3)10-15/h5-10H2,1-4H3. The number of amides is 1. The summed E-state index contributed by atoms with van der Waals surface area (Å²) >= 11 is 0. The number of rotatable bonds is 4. The maximum absolute atomic E-state index is 12.0. The maximum atomic E-state index is 12.0. The maximum Gasteiger partial charge on any atom is 0.306 e. The number of carbonyl (C=O) groups excluding carboxylic acids is 2. The minimum atomic E-state index is -0.292. The SMILES string of the molecule is CCOC(=O)CCC(=O)N1CCN(C)C(C)(C)C1. The van der Waals surface area contributed by atoms with E-state index in [9.17, 15) is 9.59 Å². The first kappa shape index (κ1) is 15.0. The third-order valence-corrected chi connectivity index (χ3v) is 3.52. The van der Waals surface area contributed by atoms with Crippen LogP contribution in [0, 0.1) is 0 Å². The lowest BCUT2D eigenvalue weighted by Gasteiger charge is -2.45. The Morgan fingerprint density at radius 1 is 1.22 bits per heavy atom. The Kier molecular flexibility index (Phi) is 5.14. The van der Waals surface area contributed by atoms with Gasteiger partial charge in [0.15, 0.2) is 0 Å². The Balaban J connectivity index is 2.41. The molecule has 0 saturated carbocycles. The molecule has 0 atom stereocenters. The molecule has 0 bridgehead atoms. The van der Waals surface area contributed by atoms with Gasteiger partial charge in [0, 0.05) is 31.6 Å². The van der Waals surface area contributed by atoms with Crippen LogP contribution < -0.4 is 0 Å². The molecule has 1 rings (SSSR count). The summed E-state index contributed by atoms with van der Waals surface area (Å²) in [7, 11) is 2.07. The van der Waals surface area contributed by atoms with Crippen LogP contribution >= 0.6 is 0 Å². The van der Waals surface area contributed by atoms with Crippen molar-refractivity contribution in [1.82, 2.24) is 9.80 Å². The van der Waals surface area contributed by atoms with Gasteiger partial charge in [-0.3, -0.25) is 14.5 Å². The Hall–Kier alpha value is -1.10. The summed E-state index contributed by atoms with van der Waals surface area (Å²) in [4.78, 5) is 27.3. The summed E-state index contributed by atoms with van der Waals surface area (Å²) in [6.07, 6.45) is 0.429. The summed E-state index contributed by atoms with van der Waals surface area (Å²) in [5.74, 6) is -0.247.